The lowest BCUT2D eigenvalue weighted by Gasteiger charge is -2.05. The Balaban J connectivity index is 2.92. The zero-order valence-electron chi connectivity index (χ0n) is 7.46. The molecule has 68 valence electrons. The lowest BCUT2D eigenvalue weighted by molar-refractivity contribution is 0.438. The second kappa shape index (κ2) is 4.87. The molecule has 1 nitrogen and oxygen atoms in total. The van der Waals surface area contributed by atoms with Gasteiger partial charge in [-0.2, -0.15) is 0 Å². The van der Waals surface area contributed by atoms with Crippen LogP contribution in [0.25, 0.3) is 5.76 Å². The summed E-state index contributed by atoms with van der Waals surface area (Å²) in [5.41, 5.74) is 1.05. The number of ether oxygens (including phenoxy) is 1. The lowest BCUT2D eigenvalue weighted by atomic mass is 10.2. The van der Waals surface area contributed by atoms with Crippen LogP contribution in [0.3, 0.4) is 0 Å². The predicted molar refractivity (Wildman–Crippen MR) is 59.1 cm³/mol. The molecule has 0 aromatic heterocycles. The molecule has 0 spiro atoms. The molecule has 0 saturated carbocycles. The first-order valence-electron chi connectivity index (χ1n) is 3.97. The third-order valence-electron chi connectivity index (χ3n) is 1.60. The molecule has 0 N–H and O–H groups in total. The minimum Gasteiger partial charge on any atom is -0.465 e. The van der Waals surface area contributed by atoms with E-state index in [1.807, 2.05) is 37.3 Å². The predicted octanol–water partition coefficient (Wildman–Crippen LogP) is 3.97. The minimum absolute atomic E-state index is 0.822. The van der Waals surface area contributed by atoms with Crippen LogP contribution in [0, 0.1) is 0 Å². The van der Waals surface area contributed by atoms with Gasteiger partial charge < -0.3 is 4.74 Å². The largest absolute Gasteiger partial charge is 0.465 e. The SMILES string of the molecule is C=CO/C(=C\C)c1ccc(Br)cc1. The van der Waals surface area contributed by atoms with Crippen molar-refractivity contribution in [1.82, 2.24) is 0 Å². The number of hydrogen-bond donors (Lipinski definition) is 0. The minimum atomic E-state index is 0.822. The maximum atomic E-state index is 5.23. The van der Waals surface area contributed by atoms with E-state index in [-0.39, 0.29) is 0 Å². The zero-order valence-corrected chi connectivity index (χ0v) is 9.04. The van der Waals surface area contributed by atoms with Crippen LogP contribution in [0.2, 0.25) is 0 Å². The molecule has 1 aromatic carbocycles. The topological polar surface area (TPSA) is 9.23 Å². The van der Waals surface area contributed by atoms with E-state index in [4.69, 9.17) is 4.74 Å². The Morgan fingerprint density at radius 1 is 1.38 bits per heavy atom. The summed E-state index contributed by atoms with van der Waals surface area (Å²) in [6, 6.07) is 7.93. The van der Waals surface area contributed by atoms with Crippen LogP contribution < -0.4 is 0 Å². The molecule has 0 atom stereocenters. The van der Waals surface area contributed by atoms with E-state index in [1.54, 1.807) is 0 Å². The molecule has 1 rings (SSSR count). The van der Waals surface area contributed by atoms with Crippen molar-refractivity contribution in [3.05, 3.63) is 53.2 Å². The first-order valence-corrected chi connectivity index (χ1v) is 4.77. The van der Waals surface area contributed by atoms with E-state index in [2.05, 4.69) is 22.5 Å². The Bertz CT molecular complexity index is 311. The van der Waals surface area contributed by atoms with Crippen LogP contribution in [0.5, 0.6) is 0 Å². The molecule has 0 amide bonds. The van der Waals surface area contributed by atoms with E-state index in [1.165, 1.54) is 6.26 Å². The fourth-order valence-electron chi connectivity index (χ4n) is 1.01. The fourth-order valence-corrected chi connectivity index (χ4v) is 1.27. The molecule has 0 saturated heterocycles. The first-order chi connectivity index (χ1) is 6.27. The van der Waals surface area contributed by atoms with Crippen molar-refractivity contribution in [3.8, 4) is 0 Å². The average molecular weight is 239 g/mol. The van der Waals surface area contributed by atoms with E-state index >= 15 is 0 Å². The molecule has 0 fully saturated rings. The Hall–Kier alpha value is -1.02. The molecule has 13 heavy (non-hydrogen) atoms. The molecule has 0 bridgehead atoms. The molecule has 0 unspecified atom stereocenters. The maximum absolute atomic E-state index is 5.23. The van der Waals surface area contributed by atoms with Gasteiger partial charge in [0.1, 0.15) is 5.76 Å². The number of allylic oxidation sites excluding steroid dienone is 1. The van der Waals surface area contributed by atoms with Gasteiger partial charge in [-0.3, -0.25) is 0 Å². The molecular formula is C11H11BrO. The van der Waals surface area contributed by atoms with Gasteiger partial charge in [-0.15, -0.1) is 0 Å². The van der Waals surface area contributed by atoms with Crippen LogP contribution in [0.1, 0.15) is 12.5 Å². The van der Waals surface area contributed by atoms with Gasteiger partial charge in [0.2, 0.25) is 0 Å². The Morgan fingerprint density at radius 3 is 2.46 bits per heavy atom. The van der Waals surface area contributed by atoms with Crippen LogP contribution in [0.4, 0.5) is 0 Å². The Labute approximate surface area is 86.9 Å². The highest BCUT2D eigenvalue weighted by molar-refractivity contribution is 9.10. The summed E-state index contributed by atoms with van der Waals surface area (Å²) in [6.45, 7) is 5.45. The van der Waals surface area contributed by atoms with Crippen LogP contribution >= 0.6 is 15.9 Å². The molecule has 0 aliphatic heterocycles. The van der Waals surface area contributed by atoms with Crippen molar-refractivity contribution in [3.63, 3.8) is 0 Å². The standard InChI is InChI=1S/C11H11BrO/c1-3-11(13-4-2)9-5-7-10(12)8-6-9/h3-8H,2H2,1H3/b11-3-. The number of benzene rings is 1. The summed E-state index contributed by atoms with van der Waals surface area (Å²) in [5.74, 6) is 0.822. The van der Waals surface area contributed by atoms with E-state index < -0.39 is 0 Å². The fraction of sp³-hybridized carbons (Fsp3) is 0.0909. The monoisotopic (exact) mass is 238 g/mol. The second-order valence-electron chi connectivity index (χ2n) is 2.44. The molecule has 0 aliphatic carbocycles. The molecule has 1 aromatic rings. The van der Waals surface area contributed by atoms with Crippen molar-refractivity contribution in [2.24, 2.45) is 0 Å². The van der Waals surface area contributed by atoms with Gasteiger partial charge in [0.25, 0.3) is 0 Å². The highest BCUT2D eigenvalue weighted by Gasteiger charge is 1.98. The number of hydrogen-bond acceptors (Lipinski definition) is 1. The summed E-state index contributed by atoms with van der Waals surface area (Å²) in [6.07, 6.45) is 3.34. The van der Waals surface area contributed by atoms with E-state index in [0.717, 1.165) is 15.8 Å². The number of rotatable bonds is 3. The maximum Gasteiger partial charge on any atom is 0.129 e. The number of halogens is 1. The molecular weight excluding hydrogens is 228 g/mol. The highest BCUT2D eigenvalue weighted by Crippen LogP contribution is 2.18. The molecule has 0 aliphatic rings. The van der Waals surface area contributed by atoms with Crippen LogP contribution in [-0.4, -0.2) is 0 Å². The summed E-state index contributed by atoms with van der Waals surface area (Å²) in [5, 5.41) is 0. The molecule has 0 radical (unpaired) electrons. The van der Waals surface area contributed by atoms with Crippen molar-refractivity contribution in [2.45, 2.75) is 6.92 Å². The van der Waals surface area contributed by atoms with E-state index in [9.17, 15) is 0 Å². The van der Waals surface area contributed by atoms with Crippen molar-refractivity contribution in [1.29, 1.82) is 0 Å². The quantitative estimate of drug-likeness (QED) is 0.725. The summed E-state index contributed by atoms with van der Waals surface area (Å²) in [4.78, 5) is 0. The third kappa shape index (κ3) is 2.74. The van der Waals surface area contributed by atoms with Gasteiger partial charge in [-0.1, -0.05) is 34.6 Å². The van der Waals surface area contributed by atoms with Crippen LogP contribution in [0.15, 0.2) is 47.7 Å². The second-order valence-corrected chi connectivity index (χ2v) is 3.36. The van der Waals surface area contributed by atoms with Crippen LogP contribution in [-0.2, 0) is 4.74 Å². The average Bonchev–Trinajstić information content (AvgIpc) is 2.16. The Kier molecular flexibility index (Phi) is 3.77. The lowest BCUT2D eigenvalue weighted by Crippen LogP contribution is -1.84. The normalized spacial score (nSPS) is 11.1. The van der Waals surface area contributed by atoms with Gasteiger partial charge in [0, 0.05) is 10.0 Å². The highest BCUT2D eigenvalue weighted by atomic mass is 79.9. The van der Waals surface area contributed by atoms with Gasteiger partial charge >= 0.3 is 0 Å². The summed E-state index contributed by atoms with van der Waals surface area (Å²) < 4.78 is 6.29. The zero-order chi connectivity index (χ0) is 9.68. The Morgan fingerprint density at radius 2 is 2.00 bits per heavy atom. The summed E-state index contributed by atoms with van der Waals surface area (Å²) >= 11 is 3.38. The van der Waals surface area contributed by atoms with Gasteiger partial charge in [0.05, 0.1) is 6.26 Å². The smallest absolute Gasteiger partial charge is 0.129 e. The molecule has 2 heteroatoms. The third-order valence-corrected chi connectivity index (χ3v) is 2.13. The summed E-state index contributed by atoms with van der Waals surface area (Å²) in [7, 11) is 0. The van der Waals surface area contributed by atoms with Crippen molar-refractivity contribution >= 4 is 21.7 Å². The van der Waals surface area contributed by atoms with Gasteiger partial charge in [-0.05, 0) is 25.1 Å². The van der Waals surface area contributed by atoms with E-state index in [0.29, 0.717) is 0 Å². The van der Waals surface area contributed by atoms with Crippen molar-refractivity contribution in [2.75, 3.05) is 0 Å². The van der Waals surface area contributed by atoms with Crippen molar-refractivity contribution < 1.29 is 4.74 Å². The first kappa shape index (κ1) is 10.1. The molecule has 0 heterocycles. The van der Waals surface area contributed by atoms with Gasteiger partial charge in [0.15, 0.2) is 0 Å². The van der Waals surface area contributed by atoms with Gasteiger partial charge in [-0.25, -0.2) is 0 Å².